The number of carbonyl (C=O) groups excluding carboxylic acids is 1. The first-order chi connectivity index (χ1) is 11.6. The Hall–Kier alpha value is -2.02. The van der Waals surface area contributed by atoms with Crippen LogP contribution in [0.3, 0.4) is 0 Å². The highest BCUT2D eigenvalue weighted by Gasteiger charge is 2.29. The second-order valence-electron chi connectivity index (χ2n) is 7.62. The number of nitrogens with one attached hydrogen (secondary N) is 1. The monoisotopic (exact) mass is 362 g/mol. The van der Waals surface area contributed by atoms with Crippen LogP contribution in [0.25, 0.3) is 10.2 Å². The molecule has 0 bridgehead atoms. The molecule has 1 aromatic heterocycles. The number of ether oxygens (including phenoxy) is 1. The summed E-state index contributed by atoms with van der Waals surface area (Å²) in [4.78, 5) is 18.9. The van der Waals surface area contributed by atoms with E-state index >= 15 is 0 Å². The number of amides is 1. The fourth-order valence-electron chi connectivity index (χ4n) is 3.25. The van der Waals surface area contributed by atoms with Crippen LogP contribution in [0.15, 0.2) is 6.07 Å². The lowest BCUT2D eigenvalue weighted by atomic mass is 10.1. The molecule has 0 spiro atoms. The molecule has 0 radical (unpaired) electrons. The average Bonchev–Trinajstić information content (AvgIpc) is 3.03. The largest absolute Gasteiger partial charge is 0.444 e. The molecule has 2 aromatic rings. The van der Waals surface area contributed by atoms with Crippen LogP contribution in [0.4, 0.5) is 16.2 Å². The van der Waals surface area contributed by atoms with Gasteiger partial charge in [-0.25, -0.2) is 9.78 Å². The molecule has 1 amide bonds. The number of rotatable bonds is 2. The molecule has 0 aliphatic carbocycles. The van der Waals surface area contributed by atoms with Crippen LogP contribution in [0, 0.1) is 13.8 Å². The van der Waals surface area contributed by atoms with Gasteiger partial charge >= 0.3 is 6.09 Å². The highest BCUT2D eigenvalue weighted by Crippen LogP contribution is 2.39. The first kappa shape index (κ1) is 17.8. The third-order valence-corrected chi connectivity index (χ3v) is 5.29. The number of thiazole rings is 1. The van der Waals surface area contributed by atoms with E-state index in [-0.39, 0.29) is 12.1 Å². The van der Waals surface area contributed by atoms with E-state index in [2.05, 4.69) is 17.1 Å². The molecule has 7 heteroatoms. The maximum Gasteiger partial charge on any atom is 0.407 e. The number of nitrogens with zero attached hydrogens (tertiary/aromatic N) is 2. The van der Waals surface area contributed by atoms with E-state index in [1.165, 1.54) is 4.70 Å². The average molecular weight is 362 g/mol. The van der Waals surface area contributed by atoms with Gasteiger partial charge in [0.1, 0.15) is 11.1 Å². The number of hydrogen-bond donors (Lipinski definition) is 2. The summed E-state index contributed by atoms with van der Waals surface area (Å²) in [5.41, 5.74) is 9.68. The standard InChI is InChI=1S/C18H26N4O2S/c1-10-8-13(19)15(14-16(10)25-11(2)20-14)22-7-6-12(9-22)21-17(23)24-18(3,4)5/h8,12H,6-7,9,19H2,1-5H3,(H,21,23)/t12-/m0/s1. The zero-order chi connectivity index (χ0) is 18.4. The summed E-state index contributed by atoms with van der Waals surface area (Å²) in [6, 6.07) is 2.06. The molecule has 1 atom stereocenters. The van der Waals surface area contributed by atoms with Crippen LogP contribution in [0.1, 0.15) is 37.8 Å². The van der Waals surface area contributed by atoms with Gasteiger partial charge in [-0.2, -0.15) is 0 Å². The van der Waals surface area contributed by atoms with Crippen molar-refractivity contribution in [1.29, 1.82) is 0 Å². The summed E-state index contributed by atoms with van der Waals surface area (Å²) in [5, 5.41) is 3.99. The molecule has 25 heavy (non-hydrogen) atoms. The molecule has 1 aliphatic heterocycles. The molecule has 1 aromatic carbocycles. The molecule has 1 saturated heterocycles. The van der Waals surface area contributed by atoms with Gasteiger partial charge < -0.3 is 20.7 Å². The summed E-state index contributed by atoms with van der Waals surface area (Å²) in [5.74, 6) is 0. The van der Waals surface area contributed by atoms with E-state index < -0.39 is 5.60 Å². The summed E-state index contributed by atoms with van der Waals surface area (Å²) < 4.78 is 6.54. The molecule has 1 aliphatic rings. The molecular weight excluding hydrogens is 336 g/mol. The predicted octanol–water partition coefficient (Wildman–Crippen LogP) is 3.60. The van der Waals surface area contributed by atoms with Crippen molar-refractivity contribution >= 4 is 39.0 Å². The van der Waals surface area contributed by atoms with Crippen LogP contribution in [-0.4, -0.2) is 35.8 Å². The number of benzene rings is 1. The summed E-state index contributed by atoms with van der Waals surface area (Å²) in [6.07, 6.45) is 0.489. The molecular formula is C18H26N4O2S. The number of nitrogens with two attached hydrogens (primary N) is 1. The third kappa shape index (κ3) is 3.81. The van der Waals surface area contributed by atoms with E-state index in [9.17, 15) is 4.79 Å². The topological polar surface area (TPSA) is 80.5 Å². The third-order valence-electron chi connectivity index (χ3n) is 4.19. The van der Waals surface area contributed by atoms with Crippen molar-refractivity contribution in [2.24, 2.45) is 0 Å². The van der Waals surface area contributed by atoms with Gasteiger partial charge in [0.25, 0.3) is 0 Å². The highest BCUT2D eigenvalue weighted by atomic mass is 32.1. The lowest BCUT2D eigenvalue weighted by Crippen LogP contribution is -2.40. The Kier molecular flexibility index (Phi) is 4.53. The molecule has 2 heterocycles. The number of aryl methyl sites for hydroxylation is 2. The minimum absolute atomic E-state index is 0.0466. The maximum atomic E-state index is 12.0. The minimum Gasteiger partial charge on any atom is -0.444 e. The molecule has 3 N–H and O–H groups in total. The number of aromatic nitrogens is 1. The first-order valence-corrected chi connectivity index (χ1v) is 9.36. The normalized spacial score (nSPS) is 18.0. The number of nitrogen functional groups attached to an aromatic ring is 1. The predicted molar refractivity (Wildman–Crippen MR) is 103 cm³/mol. The van der Waals surface area contributed by atoms with Gasteiger partial charge in [0, 0.05) is 13.1 Å². The lowest BCUT2D eigenvalue weighted by Gasteiger charge is -2.23. The minimum atomic E-state index is -0.492. The lowest BCUT2D eigenvalue weighted by molar-refractivity contribution is 0.0509. The van der Waals surface area contributed by atoms with Gasteiger partial charge in [0.2, 0.25) is 0 Å². The fraction of sp³-hybridized carbons (Fsp3) is 0.556. The molecule has 0 saturated carbocycles. The molecule has 0 unspecified atom stereocenters. The number of carbonyl (C=O) groups is 1. The Morgan fingerprint density at radius 1 is 1.44 bits per heavy atom. The Morgan fingerprint density at radius 2 is 2.16 bits per heavy atom. The zero-order valence-electron chi connectivity index (χ0n) is 15.5. The van der Waals surface area contributed by atoms with Crippen molar-refractivity contribution in [3.8, 4) is 0 Å². The van der Waals surface area contributed by atoms with Gasteiger partial charge in [0.15, 0.2) is 0 Å². The van der Waals surface area contributed by atoms with Gasteiger partial charge in [0.05, 0.1) is 27.1 Å². The van der Waals surface area contributed by atoms with E-state index in [0.29, 0.717) is 6.54 Å². The second-order valence-corrected chi connectivity index (χ2v) is 8.82. The van der Waals surface area contributed by atoms with Crippen molar-refractivity contribution in [3.63, 3.8) is 0 Å². The second kappa shape index (κ2) is 6.37. The van der Waals surface area contributed by atoms with Crippen LogP contribution < -0.4 is 16.0 Å². The Labute approximate surface area is 152 Å². The Morgan fingerprint density at radius 3 is 2.84 bits per heavy atom. The molecule has 1 fully saturated rings. The SMILES string of the molecule is Cc1nc2c(N3CC[C@H](NC(=O)OC(C)(C)C)C3)c(N)cc(C)c2s1. The van der Waals surface area contributed by atoms with Crippen LogP contribution >= 0.6 is 11.3 Å². The van der Waals surface area contributed by atoms with Crippen molar-refractivity contribution in [2.75, 3.05) is 23.7 Å². The van der Waals surface area contributed by atoms with Gasteiger partial charge in [-0.15, -0.1) is 11.3 Å². The fourth-order valence-corrected chi connectivity index (χ4v) is 4.14. The molecule has 3 rings (SSSR count). The zero-order valence-corrected chi connectivity index (χ0v) is 16.3. The van der Waals surface area contributed by atoms with Crippen molar-refractivity contribution < 1.29 is 9.53 Å². The van der Waals surface area contributed by atoms with E-state index in [4.69, 9.17) is 15.5 Å². The van der Waals surface area contributed by atoms with Gasteiger partial charge in [-0.3, -0.25) is 0 Å². The number of hydrogen-bond acceptors (Lipinski definition) is 6. The summed E-state index contributed by atoms with van der Waals surface area (Å²) >= 11 is 1.70. The number of alkyl carbamates (subject to hydrolysis) is 1. The van der Waals surface area contributed by atoms with Crippen molar-refractivity contribution in [3.05, 3.63) is 16.6 Å². The van der Waals surface area contributed by atoms with Gasteiger partial charge in [-0.1, -0.05) is 0 Å². The van der Waals surface area contributed by atoms with Crippen LogP contribution in [0.2, 0.25) is 0 Å². The summed E-state index contributed by atoms with van der Waals surface area (Å²) in [6.45, 7) is 11.2. The molecule has 136 valence electrons. The van der Waals surface area contributed by atoms with Crippen LogP contribution in [-0.2, 0) is 4.74 Å². The van der Waals surface area contributed by atoms with Gasteiger partial charge in [-0.05, 0) is 52.7 Å². The first-order valence-electron chi connectivity index (χ1n) is 8.55. The van der Waals surface area contributed by atoms with Crippen molar-refractivity contribution in [2.45, 2.75) is 52.7 Å². The molecule has 6 nitrogen and oxygen atoms in total. The van der Waals surface area contributed by atoms with Crippen molar-refractivity contribution in [1.82, 2.24) is 10.3 Å². The highest BCUT2D eigenvalue weighted by molar-refractivity contribution is 7.18. The quantitative estimate of drug-likeness (QED) is 0.798. The van der Waals surface area contributed by atoms with Crippen LogP contribution in [0.5, 0.6) is 0 Å². The van der Waals surface area contributed by atoms with E-state index in [0.717, 1.165) is 40.4 Å². The Bertz CT molecular complexity index is 809. The smallest absolute Gasteiger partial charge is 0.407 e. The maximum absolute atomic E-state index is 12.0. The van der Waals surface area contributed by atoms with E-state index in [1.54, 1.807) is 11.3 Å². The summed E-state index contributed by atoms with van der Waals surface area (Å²) in [7, 11) is 0. The van der Waals surface area contributed by atoms with E-state index in [1.807, 2.05) is 33.8 Å². The number of anilines is 2. The Balaban J connectivity index is 1.79. The number of fused-ring (bicyclic) bond motifs is 1.